The highest BCUT2D eigenvalue weighted by Crippen LogP contribution is 2.40. The van der Waals surface area contributed by atoms with Gasteiger partial charge in [-0.1, -0.05) is 24.3 Å². The van der Waals surface area contributed by atoms with E-state index in [1.54, 1.807) is 61.7 Å². The van der Waals surface area contributed by atoms with Crippen molar-refractivity contribution in [3.8, 4) is 28.7 Å². The molecule has 1 aliphatic heterocycles. The molecular weight excluding hydrogens is 498 g/mol. The van der Waals surface area contributed by atoms with Gasteiger partial charge < -0.3 is 29.0 Å². The maximum absolute atomic E-state index is 13.2. The largest absolute Gasteiger partial charge is 0.496 e. The average molecular weight is 530 g/mol. The summed E-state index contributed by atoms with van der Waals surface area (Å²) in [5.41, 5.74) is 1.82. The third kappa shape index (κ3) is 6.41. The molecule has 8 heteroatoms. The summed E-state index contributed by atoms with van der Waals surface area (Å²) in [5, 5.41) is 2.77. The third-order valence-electron chi connectivity index (χ3n) is 6.01. The van der Waals surface area contributed by atoms with Crippen LogP contribution in [-0.2, 0) is 4.79 Å². The van der Waals surface area contributed by atoms with Crippen molar-refractivity contribution in [2.45, 2.75) is 19.4 Å². The molecule has 1 heterocycles. The van der Waals surface area contributed by atoms with E-state index < -0.39 is 5.60 Å². The molecule has 39 heavy (non-hydrogen) atoms. The predicted octanol–water partition coefficient (Wildman–Crippen LogP) is 5.81. The van der Waals surface area contributed by atoms with Crippen LogP contribution >= 0.6 is 0 Å². The zero-order valence-electron chi connectivity index (χ0n) is 22.6. The highest BCUT2D eigenvalue weighted by atomic mass is 16.5. The molecule has 3 aromatic rings. The quantitative estimate of drug-likeness (QED) is 0.262. The number of carbonyl (C=O) groups is 2. The summed E-state index contributed by atoms with van der Waals surface area (Å²) >= 11 is 0. The number of methoxy groups -OCH3 is 3. The first-order valence-corrected chi connectivity index (χ1v) is 12.3. The van der Waals surface area contributed by atoms with Crippen LogP contribution in [0.1, 0.15) is 35.3 Å². The first-order valence-electron chi connectivity index (χ1n) is 12.3. The Morgan fingerprint density at radius 1 is 0.897 bits per heavy atom. The summed E-state index contributed by atoms with van der Waals surface area (Å²) in [6, 6.07) is 15.7. The van der Waals surface area contributed by atoms with E-state index in [2.05, 4.69) is 5.32 Å². The lowest BCUT2D eigenvalue weighted by Crippen LogP contribution is -2.28. The number of hydrogen-bond acceptors (Lipinski definition) is 7. The number of rotatable bonds is 10. The molecule has 0 unspecified atom stereocenters. The lowest BCUT2D eigenvalue weighted by molar-refractivity contribution is -0.118. The zero-order chi connectivity index (χ0) is 28.0. The summed E-state index contributed by atoms with van der Waals surface area (Å²) in [4.78, 5) is 25.7. The van der Waals surface area contributed by atoms with Crippen molar-refractivity contribution in [1.82, 2.24) is 0 Å². The Labute approximate surface area is 227 Å². The molecule has 0 aromatic heterocycles. The molecule has 0 saturated carbocycles. The highest BCUT2D eigenvalue weighted by molar-refractivity contribution is 6.09. The molecule has 202 valence electrons. The first-order chi connectivity index (χ1) is 18.7. The Hall–Kier alpha value is -4.72. The van der Waals surface area contributed by atoms with Gasteiger partial charge >= 0.3 is 0 Å². The second-order valence-electron chi connectivity index (χ2n) is 9.24. The van der Waals surface area contributed by atoms with Crippen molar-refractivity contribution in [3.05, 3.63) is 83.4 Å². The lowest BCUT2D eigenvalue weighted by atomic mass is 9.97. The minimum Gasteiger partial charge on any atom is -0.496 e. The lowest BCUT2D eigenvalue weighted by Gasteiger charge is -2.29. The SMILES string of the molecule is COc1ccccc1NC(=O)COc1cc(/C=C/C(=O)c2ccc(OC)c3c2OC(C)(C)C=C3)ccc1OC. The van der Waals surface area contributed by atoms with Crippen molar-refractivity contribution in [1.29, 1.82) is 0 Å². The fourth-order valence-corrected chi connectivity index (χ4v) is 4.05. The number of benzene rings is 3. The van der Waals surface area contributed by atoms with Crippen LogP contribution in [0.3, 0.4) is 0 Å². The van der Waals surface area contributed by atoms with E-state index in [9.17, 15) is 9.59 Å². The van der Waals surface area contributed by atoms with E-state index in [1.165, 1.54) is 20.3 Å². The van der Waals surface area contributed by atoms with Gasteiger partial charge in [0, 0.05) is 0 Å². The van der Waals surface area contributed by atoms with E-state index in [-0.39, 0.29) is 18.3 Å². The normalized spacial score (nSPS) is 13.3. The molecule has 0 bridgehead atoms. The minimum atomic E-state index is -0.557. The van der Waals surface area contributed by atoms with Crippen LogP contribution in [0.5, 0.6) is 28.7 Å². The van der Waals surface area contributed by atoms with Crippen LogP contribution in [0.25, 0.3) is 12.2 Å². The molecule has 8 nitrogen and oxygen atoms in total. The first kappa shape index (κ1) is 27.3. The molecule has 0 aliphatic carbocycles. The van der Waals surface area contributed by atoms with Crippen molar-refractivity contribution in [3.63, 3.8) is 0 Å². The van der Waals surface area contributed by atoms with Crippen LogP contribution in [0.4, 0.5) is 5.69 Å². The molecule has 0 radical (unpaired) electrons. The standard InChI is InChI=1S/C31H31NO7/c1-31(2)17-16-22-25(35-3)15-12-21(30(22)39-31)24(33)13-10-20-11-14-27(37-5)28(18-20)38-19-29(34)32-23-8-6-7-9-26(23)36-4/h6-18H,19H2,1-5H3,(H,32,34)/b13-10+. The molecule has 3 aromatic carbocycles. The number of fused-ring (bicyclic) bond motifs is 1. The molecular formula is C31H31NO7. The second kappa shape index (κ2) is 11.8. The van der Waals surface area contributed by atoms with Gasteiger partial charge in [0.25, 0.3) is 5.91 Å². The topological polar surface area (TPSA) is 92.3 Å². The second-order valence-corrected chi connectivity index (χ2v) is 9.24. The number of ketones is 1. The van der Waals surface area contributed by atoms with Gasteiger partial charge in [-0.05, 0) is 74.0 Å². The van der Waals surface area contributed by atoms with Crippen molar-refractivity contribution < 1.29 is 33.3 Å². The zero-order valence-corrected chi connectivity index (χ0v) is 22.6. The summed E-state index contributed by atoms with van der Waals surface area (Å²) in [6.07, 6.45) is 6.98. The van der Waals surface area contributed by atoms with Gasteiger partial charge in [-0.25, -0.2) is 0 Å². The fourth-order valence-electron chi connectivity index (χ4n) is 4.05. The highest BCUT2D eigenvalue weighted by Gasteiger charge is 2.27. The number of anilines is 1. The molecule has 4 rings (SSSR count). The summed E-state index contributed by atoms with van der Waals surface area (Å²) in [6.45, 7) is 3.59. The van der Waals surface area contributed by atoms with E-state index in [4.69, 9.17) is 23.7 Å². The summed E-state index contributed by atoms with van der Waals surface area (Å²) in [5.74, 6) is 1.88. The Bertz CT molecular complexity index is 1440. The van der Waals surface area contributed by atoms with E-state index in [1.807, 2.05) is 32.1 Å². The molecule has 1 N–H and O–H groups in total. The van der Waals surface area contributed by atoms with Crippen LogP contribution in [0, 0.1) is 0 Å². The van der Waals surface area contributed by atoms with Gasteiger partial charge in [-0.3, -0.25) is 9.59 Å². The molecule has 0 fully saturated rings. The number of nitrogens with one attached hydrogen (secondary N) is 1. The van der Waals surface area contributed by atoms with Crippen molar-refractivity contribution >= 4 is 29.5 Å². The molecule has 0 atom stereocenters. The summed E-state index contributed by atoms with van der Waals surface area (Å²) in [7, 11) is 4.62. The van der Waals surface area contributed by atoms with Gasteiger partial charge in [0.15, 0.2) is 23.9 Å². The van der Waals surface area contributed by atoms with Gasteiger partial charge in [0.1, 0.15) is 22.8 Å². The number of ether oxygens (including phenoxy) is 5. The number of carbonyl (C=O) groups excluding carboxylic acids is 2. The van der Waals surface area contributed by atoms with E-state index in [0.29, 0.717) is 45.6 Å². The molecule has 1 amide bonds. The summed E-state index contributed by atoms with van der Waals surface area (Å²) < 4.78 is 28.0. The van der Waals surface area contributed by atoms with Gasteiger partial charge in [-0.2, -0.15) is 0 Å². The Morgan fingerprint density at radius 2 is 1.62 bits per heavy atom. The molecule has 1 aliphatic rings. The van der Waals surface area contributed by atoms with Gasteiger partial charge in [0.2, 0.25) is 0 Å². The molecule has 0 saturated heterocycles. The monoisotopic (exact) mass is 529 g/mol. The van der Waals surface area contributed by atoms with E-state index >= 15 is 0 Å². The van der Waals surface area contributed by atoms with Crippen LogP contribution in [-0.4, -0.2) is 45.2 Å². The van der Waals surface area contributed by atoms with Crippen molar-refractivity contribution in [2.75, 3.05) is 33.3 Å². The number of amides is 1. The minimum absolute atomic E-state index is 0.227. The molecule has 0 spiro atoms. The van der Waals surface area contributed by atoms with E-state index in [0.717, 1.165) is 5.56 Å². The maximum atomic E-state index is 13.2. The Kier molecular flexibility index (Phi) is 8.24. The predicted molar refractivity (Wildman–Crippen MR) is 150 cm³/mol. The third-order valence-corrected chi connectivity index (χ3v) is 6.01. The van der Waals surface area contributed by atoms with Crippen LogP contribution < -0.4 is 29.0 Å². The number of hydrogen-bond donors (Lipinski definition) is 1. The van der Waals surface area contributed by atoms with Gasteiger partial charge in [0.05, 0.1) is 38.1 Å². The Balaban J connectivity index is 1.50. The average Bonchev–Trinajstić information content (AvgIpc) is 2.93. The van der Waals surface area contributed by atoms with Gasteiger partial charge in [-0.15, -0.1) is 0 Å². The van der Waals surface area contributed by atoms with Crippen LogP contribution in [0.2, 0.25) is 0 Å². The van der Waals surface area contributed by atoms with Crippen LogP contribution in [0.15, 0.2) is 66.7 Å². The maximum Gasteiger partial charge on any atom is 0.262 e. The van der Waals surface area contributed by atoms with Crippen molar-refractivity contribution in [2.24, 2.45) is 0 Å². The smallest absolute Gasteiger partial charge is 0.262 e. The number of para-hydroxylation sites is 2. The number of allylic oxidation sites excluding steroid dienone is 1. The Morgan fingerprint density at radius 3 is 2.36 bits per heavy atom. The fraction of sp³-hybridized carbons (Fsp3) is 0.226.